The fourth-order valence-electron chi connectivity index (χ4n) is 3.99. The van der Waals surface area contributed by atoms with E-state index in [9.17, 15) is 13.6 Å². The Kier molecular flexibility index (Phi) is 8.76. The number of carbonyl (C=O) groups excluding carboxylic acids is 1. The summed E-state index contributed by atoms with van der Waals surface area (Å²) in [5, 5.41) is 12.5. The lowest BCUT2D eigenvalue weighted by atomic mass is 9.91. The Morgan fingerprint density at radius 2 is 1.61 bits per heavy atom. The predicted molar refractivity (Wildman–Crippen MR) is 124 cm³/mol. The molecule has 2 aromatic heterocycles. The van der Waals surface area contributed by atoms with Crippen molar-refractivity contribution in [1.29, 1.82) is 5.26 Å². The first-order valence-corrected chi connectivity index (χ1v) is 11.3. The highest BCUT2D eigenvalue weighted by molar-refractivity contribution is 5.99. The van der Waals surface area contributed by atoms with E-state index in [1.165, 1.54) is 38.3 Å². The van der Waals surface area contributed by atoms with Gasteiger partial charge < -0.3 is 10.6 Å². The van der Waals surface area contributed by atoms with Gasteiger partial charge in [0.05, 0.1) is 23.3 Å². The van der Waals surface area contributed by atoms with Crippen LogP contribution >= 0.6 is 0 Å². The predicted octanol–water partition coefficient (Wildman–Crippen LogP) is 5.09. The third-order valence-corrected chi connectivity index (χ3v) is 5.83. The highest BCUT2D eigenvalue weighted by Crippen LogP contribution is 2.23. The molecule has 0 atom stereocenters. The number of nitrogens with two attached hydrogens (primary N) is 1. The summed E-state index contributed by atoms with van der Waals surface area (Å²) >= 11 is 0. The topological polar surface area (TPSA) is 87.4 Å². The van der Waals surface area contributed by atoms with Crippen LogP contribution in [-0.4, -0.2) is 28.6 Å². The summed E-state index contributed by atoms with van der Waals surface area (Å²) in [5.41, 5.74) is 7.72. The minimum atomic E-state index is -0.432. The Labute approximate surface area is 192 Å². The number of pyridine rings is 1. The fourth-order valence-corrected chi connectivity index (χ4v) is 3.99. The Morgan fingerprint density at radius 3 is 2.12 bits per heavy atom. The number of hydrogen-bond acceptors (Lipinski definition) is 4. The van der Waals surface area contributed by atoms with Crippen molar-refractivity contribution in [3.05, 3.63) is 66.0 Å². The molecule has 8 heteroatoms. The van der Waals surface area contributed by atoms with Gasteiger partial charge in [0.25, 0.3) is 5.91 Å². The van der Waals surface area contributed by atoms with E-state index >= 15 is 0 Å². The Morgan fingerprint density at radius 1 is 1.00 bits per heavy atom. The number of amides is 1. The molecule has 6 nitrogen and oxygen atoms in total. The average Bonchev–Trinajstić information content (AvgIpc) is 3.52. The minimum absolute atomic E-state index is 0.392. The normalized spacial score (nSPS) is 15.7. The summed E-state index contributed by atoms with van der Waals surface area (Å²) < 4.78 is 25.5. The van der Waals surface area contributed by atoms with Gasteiger partial charge in [-0.25, -0.2) is 13.3 Å². The van der Waals surface area contributed by atoms with Crippen molar-refractivity contribution < 1.29 is 13.6 Å². The summed E-state index contributed by atoms with van der Waals surface area (Å²) in [6.45, 7) is 2.16. The van der Waals surface area contributed by atoms with E-state index < -0.39 is 17.5 Å². The zero-order chi connectivity index (χ0) is 23.6. The average molecular weight is 454 g/mol. The van der Waals surface area contributed by atoms with Crippen LogP contribution in [0.2, 0.25) is 0 Å². The van der Waals surface area contributed by atoms with Gasteiger partial charge in [-0.05, 0) is 62.1 Å². The molecule has 2 fully saturated rings. The van der Waals surface area contributed by atoms with E-state index in [1.807, 2.05) is 18.3 Å². The van der Waals surface area contributed by atoms with Crippen LogP contribution in [0.3, 0.4) is 0 Å². The van der Waals surface area contributed by atoms with Gasteiger partial charge >= 0.3 is 0 Å². The maximum Gasteiger partial charge on any atom is 0.252 e. The molecule has 0 radical (unpaired) electrons. The maximum atomic E-state index is 11.9. The van der Waals surface area contributed by atoms with Crippen molar-refractivity contribution in [2.24, 2.45) is 11.7 Å². The largest absolute Gasteiger partial charge is 0.371 e. The third-order valence-electron chi connectivity index (χ3n) is 5.83. The molecule has 1 aliphatic heterocycles. The SMILES string of the molecule is Fc1ccc(F)cc1.N#CC1CCCCC1.NC(=O)c1cnn2ccc(N3CCCC3)cc12. The third kappa shape index (κ3) is 7.01. The van der Waals surface area contributed by atoms with Gasteiger partial charge in [0.2, 0.25) is 0 Å². The number of carbonyl (C=O) groups is 1. The lowest BCUT2D eigenvalue weighted by Gasteiger charge is -2.17. The molecule has 0 bridgehead atoms. The van der Waals surface area contributed by atoms with Gasteiger partial charge in [0, 0.05) is 30.9 Å². The molecule has 1 amide bonds. The molecular formula is C25H29F2N5O. The van der Waals surface area contributed by atoms with Crippen molar-refractivity contribution in [3.8, 4) is 6.07 Å². The number of halogens is 2. The number of aromatic nitrogens is 2. The van der Waals surface area contributed by atoms with E-state index in [4.69, 9.17) is 11.0 Å². The van der Waals surface area contributed by atoms with E-state index in [2.05, 4.69) is 16.1 Å². The first kappa shape index (κ1) is 24.2. The molecule has 3 aromatic rings. The first-order chi connectivity index (χ1) is 16.0. The lowest BCUT2D eigenvalue weighted by Crippen LogP contribution is -2.17. The van der Waals surface area contributed by atoms with Crippen molar-refractivity contribution in [3.63, 3.8) is 0 Å². The smallest absolute Gasteiger partial charge is 0.252 e. The summed E-state index contributed by atoms with van der Waals surface area (Å²) in [5.74, 6) is -0.861. The number of hydrogen-bond donors (Lipinski definition) is 1. The lowest BCUT2D eigenvalue weighted by molar-refractivity contribution is 0.100. The van der Waals surface area contributed by atoms with E-state index in [-0.39, 0.29) is 0 Å². The molecule has 5 rings (SSSR count). The number of benzene rings is 1. The monoisotopic (exact) mass is 453 g/mol. The molecule has 1 saturated carbocycles. The van der Waals surface area contributed by atoms with E-state index in [0.29, 0.717) is 11.5 Å². The maximum absolute atomic E-state index is 11.9. The van der Waals surface area contributed by atoms with Crippen LogP contribution in [-0.2, 0) is 0 Å². The second-order valence-electron chi connectivity index (χ2n) is 8.23. The molecule has 174 valence electrons. The molecule has 0 unspecified atom stereocenters. The molecule has 2 N–H and O–H groups in total. The number of primary amides is 1. The van der Waals surface area contributed by atoms with Crippen LogP contribution in [0.1, 0.15) is 55.3 Å². The van der Waals surface area contributed by atoms with Crippen LogP contribution in [0.15, 0.2) is 48.8 Å². The van der Waals surface area contributed by atoms with Crippen LogP contribution in [0.4, 0.5) is 14.5 Å². The van der Waals surface area contributed by atoms with Gasteiger partial charge in [-0.3, -0.25) is 4.79 Å². The van der Waals surface area contributed by atoms with Gasteiger partial charge in [0.1, 0.15) is 11.6 Å². The Bertz CT molecular complexity index is 1060. The molecule has 1 aliphatic carbocycles. The highest BCUT2D eigenvalue weighted by atomic mass is 19.1. The summed E-state index contributed by atoms with van der Waals surface area (Å²) in [4.78, 5) is 13.6. The van der Waals surface area contributed by atoms with Crippen molar-refractivity contribution in [2.75, 3.05) is 18.0 Å². The zero-order valence-electron chi connectivity index (χ0n) is 18.6. The molecule has 33 heavy (non-hydrogen) atoms. The van der Waals surface area contributed by atoms with Crippen LogP contribution in [0.25, 0.3) is 5.52 Å². The van der Waals surface area contributed by atoms with Crippen LogP contribution in [0, 0.1) is 28.9 Å². The number of anilines is 1. The Balaban J connectivity index is 0.000000160. The van der Waals surface area contributed by atoms with E-state index in [0.717, 1.165) is 61.4 Å². The fraction of sp³-hybridized carbons (Fsp3) is 0.400. The van der Waals surface area contributed by atoms with Crippen molar-refractivity contribution >= 4 is 17.1 Å². The number of rotatable bonds is 2. The molecular weight excluding hydrogens is 424 g/mol. The molecule has 2 aliphatic rings. The number of nitrogens with zero attached hydrogens (tertiary/aromatic N) is 4. The minimum Gasteiger partial charge on any atom is -0.371 e. The van der Waals surface area contributed by atoms with Gasteiger partial charge in [0.15, 0.2) is 0 Å². The first-order valence-electron chi connectivity index (χ1n) is 11.3. The van der Waals surface area contributed by atoms with E-state index in [1.54, 1.807) is 4.52 Å². The molecule has 1 aromatic carbocycles. The zero-order valence-corrected chi connectivity index (χ0v) is 18.6. The number of fused-ring (bicyclic) bond motifs is 1. The second-order valence-corrected chi connectivity index (χ2v) is 8.23. The molecule has 0 spiro atoms. The van der Waals surface area contributed by atoms with Crippen molar-refractivity contribution in [1.82, 2.24) is 9.61 Å². The second kappa shape index (κ2) is 12.0. The standard InChI is InChI=1S/C12H14N4O.C7H11N.C6H4F2/c13-12(17)10-8-14-16-6-3-9(7-11(10)16)15-4-1-2-5-15;8-6-7-4-2-1-3-5-7;7-5-1-2-6(8)4-3-5/h3,6-8H,1-2,4-5H2,(H2,13,17);7H,1-5H2;1-4H. The summed E-state index contributed by atoms with van der Waals surface area (Å²) in [6, 6.07) is 10.6. The van der Waals surface area contributed by atoms with Crippen LogP contribution < -0.4 is 10.6 Å². The summed E-state index contributed by atoms with van der Waals surface area (Å²) in [6.07, 6.45) is 12.0. The quantitative estimate of drug-likeness (QED) is 0.586. The molecule has 3 heterocycles. The van der Waals surface area contributed by atoms with Crippen molar-refractivity contribution in [2.45, 2.75) is 44.9 Å². The van der Waals surface area contributed by atoms with Crippen LogP contribution in [0.5, 0.6) is 0 Å². The highest BCUT2D eigenvalue weighted by Gasteiger charge is 2.15. The van der Waals surface area contributed by atoms with Gasteiger partial charge in [-0.15, -0.1) is 0 Å². The molecule has 1 saturated heterocycles. The Hall–Kier alpha value is -3.47. The number of nitriles is 1. The summed E-state index contributed by atoms with van der Waals surface area (Å²) in [7, 11) is 0. The van der Waals surface area contributed by atoms with Gasteiger partial charge in [-0.2, -0.15) is 10.4 Å². The van der Waals surface area contributed by atoms with Gasteiger partial charge in [-0.1, -0.05) is 19.3 Å².